The van der Waals surface area contributed by atoms with Crippen molar-refractivity contribution < 1.29 is 22.4 Å². The monoisotopic (exact) mass is 299 g/mol. The Hall–Kier alpha value is -2.09. The summed E-state index contributed by atoms with van der Waals surface area (Å²) in [5.41, 5.74) is 0.952. The van der Waals surface area contributed by atoms with Gasteiger partial charge in [-0.2, -0.15) is 18.2 Å². The first-order valence-corrected chi connectivity index (χ1v) is 6.34. The zero-order chi connectivity index (χ0) is 14.9. The summed E-state index contributed by atoms with van der Waals surface area (Å²) in [6, 6.07) is 7.50. The molecule has 0 spiro atoms. The molecule has 0 saturated carbocycles. The molecule has 0 bridgehead atoms. The summed E-state index contributed by atoms with van der Waals surface area (Å²) in [5, 5.41) is 6.04. The van der Waals surface area contributed by atoms with Crippen molar-refractivity contribution >= 4 is 0 Å². The molecule has 1 N–H and O–H groups in total. The Morgan fingerprint density at radius 2 is 2.10 bits per heavy atom. The zero-order valence-electron chi connectivity index (χ0n) is 10.9. The Morgan fingerprint density at radius 1 is 1.29 bits per heavy atom. The molecule has 2 heterocycles. The van der Waals surface area contributed by atoms with Gasteiger partial charge in [-0.3, -0.25) is 0 Å². The molecule has 112 valence electrons. The smallest absolute Gasteiger partial charge is 0.401 e. The van der Waals surface area contributed by atoms with Gasteiger partial charge in [0.15, 0.2) is 5.82 Å². The van der Waals surface area contributed by atoms with E-state index in [1.165, 1.54) is 0 Å². The number of nitrogens with one attached hydrogen (secondary N) is 1. The molecule has 2 aromatic rings. The minimum atomic E-state index is -4.26. The number of fused-ring (bicyclic) bond motifs is 1. The van der Waals surface area contributed by atoms with Crippen LogP contribution in [0.5, 0.6) is 5.75 Å². The quantitative estimate of drug-likeness (QED) is 0.938. The Bertz CT molecular complexity index is 627. The Kier molecular flexibility index (Phi) is 3.54. The van der Waals surface area contributed by atoms with Crippen LogP contribution in [0.3, 0.4) is 0 Å². The van der Waals surface area contributed by atoms with Crippen LogP contribution in [0.15, 0.2) is 28.8 Å². The van der Waals surface area contributed by atoms with Crippen molar-refractivity contribution in [3.8, 4) is 5.75 Å². The Balaban J connectivity index is 1.66. The molecule has 0 saturated heterocycles. The molecular formula is C13H12F3N3O2. The average Bonchev–Trinajstić information content (AvgIpc) is 3.03. The number of alkyl halides is 3. The summed E-state index contributed by atoms with van der Waals surface area (Å²) in [5.74, 6) is 1.16. The summed E-state index contributed by atoms with van der Waals surface area (Å²) >= 11 is 0. The maximum absolute atomic E-state index is 12.0. The first-order valence-electron chi connectivity index (χ1n) is 6.34. The lowest BCUT2D eigenvalue weighted by molar-refractivity contribution is -0.125. The molecule has 1 aliphatic heterocycles. The van der Waals surface area contributed by atoms with Crippen molar-refractivity contribution in [1.29, 1.82) is 0 Å². The second kappa shape index (κ2) is 5.36. The first-order chi connectivity index (χ1) is 10.0. The van der Waals surface area contributed by atoms with Crippen LogP contribution in [0, 0.1) is 0 Å². The van der Waals surface area contributed by atoms with Crippen molar-refractivity contribution in [2.75, 3.05) is 13.2 Å². The first kappa shape index (κ1) is 13.9. The van der Waals surface area contributed by atoms with E-state index in [9.17, 15) is 13.2 Å². The SMILES string of the molecule is FC(F)(F)CNCc1nc(C2COc3ccccc32)no1. The largest absolute Gasteiger partial charge is 0.492 e. The number of nitrogens with zero attached hydrogens (tertiary/aromatic N) is 2. The molecule has 8 heteroatoms. The highest BCUT2D eigenvalue weighted by atomic mass is 19.4. The van der Waals surface area contributed by atoms with E-state index in [1.54, 1.807) is 0 Å². The van der Waals surface area contributed by atoms with Crippen LogP contribution in [-0.2, 0) is 6.54 Å². The van der Waals surface area contributed by atoms with Gasteiger partial charge in [-0.15, -0.1) is 0 Å². The predicted molar refractivity (Wildman–Crippen MR) is 65.8 cm³/mol. The number of rotatable bonds is 4. The summed E-state index contributed by atoms with van der Waals surface area (Å²) in [6.07, 6.45) is -4.26. The van der Waals surface area contributed by atoms with Crippen LogP contribution in [0.1, 0.15) is 23.2 Å². The van der Waals surface area contributed by atoms with Crippen molar-refractivity contribution in [3.63, 3.8) is 0 Å². The molecule has 0 amide bonds. The molecule has 1 aromatic carbocycles. The summed E-state index contributed by atoms with van der Waals surface area (Å²) in [4.78, 5) is 4.12. The lowest BCUT2D eigenvalue weighted by Gasteiger charge is -2.05. The van der Waals surface area contributed by atoms with Crippen molar-refractivity contribution in [2.24, 2.45) is 0 Å². The van der Waals surface area contributed by atoms with Gasteiger partial charge >= 0.3 is 6.18 Å². The van der Waals surface area contributed by atoms with Crippen LogP contribution in [0.25, 0.3) is 0 Å². The summed E-state index contributed by atoms with van der Waals surface area (Å²) in [7, 11) is 0. The van der Waals surface area contributed by atoms with Crippen molar-refractivity contribution in [3.05, 3.63) is 41.5 Å². The van der Waals surface area contributed by atoms with Gasteiger partial charge in [0.1, 0.15) is 12.4 Å². The Morgan fingerprint density at radius 3 is 2.90 bits per heavy atom. The summed E-state index contributed by atoms with van der Waals surface area (Å²) < 4.78 is 46.6. The number of aromatic nitrogens is 2. The third-order valence-corrected chi connectivity index (χ3v) is 3.10. The summed E-state index contributed by atoms with van der Waals surface area (Å²) in [6.45, 7) is -0.823. The van der Waals surface area contributed by atoms with E-state index in [2.05, 4.69) is 15.5 Å². The van der Waals surface area contributed by atoms with Gasteiger partial charge < -0.3 is 14.6 Å². The maximum Gasteiger partial charge on any atom is 0.401 e. The van der Waals surface area contributed by atoms with E-state index in [0.717, 1.165) is 11.3 Å². The molecule has 1 aromatic heterocycles. The third-order valence-electron chi connectivity index (χ3n) is 3.10. The molecule has 3 rings (SSSR count). The minimum Gasteiger partial charge on any atom is -0.492 e. The molecule has 21 heavy (non-hydrogen) atoms. The van der Waals surface area contributed by atoms with Gasteiger partial charge in [0.05, 0.1) is 19.0 Å². The number of benzene rings is 1. The van der Waals surface area contributed by atoms with Crippen LogP contribution < -0.4 is 10.1 Å². The standard InChI is InChI=1S/C13H12F3N3O2/c14-13(15,16)7-17-5-11-18-12(19-21-11)9-6-20-10-4-2-1-3-8(9)10/h1-4,9,17H,5-7H2. The lowest BCUT2D eigenvalue weighted by atomic mass is 10.0. The molecule has 0 aliphatic carbocycles. The molecule has 1 aliphatic rings. The highest BCUT2D eigenvalue weighted by Crippen LogP contribution is 2.36. The van der Waals surface area contributed by atoms with Crippen LogP contribution in [0.2, 0.25) is 0 Å². The van der Waals surface area contributed by atoms with E-state index in [-0.39, 0.29) is 18.4 Å². The van der Waals surface area contributed by atoms with Crippen LogP contribution >= 0.6 is 0 Å². The number of hydrogen-bond donors (Lipinski definition) is 1. The van der Waals surface area contributed by atoms with Gasteiger partial charge in [-0.25, -0.2) is 0 Å². The fraction of sp³-hybridized carbons (Fsp3) is 0.385. The van der Waals surface area contributed by atoms with Gasteiger partial charge in [-0.1, -0.05) is 23.4 Å². The Labute approximate surface area is 118 Å². The number of hydrogen-bond acceptors (Lipinski definition) is 5. The van der Waals surface area contributed by atoms with Crippen molar-refractivity contribution in [1.82, 2.24) is 15.5 Å². The normalized spacial score (nSPS) is 17.6. The highest BCUT2D eigenvalue weighted by molar-refractivity contribution is 5.42. The molecule has 1 unspecified atom stereocenters. The molecule has 0 fully saturated rings. The van der Waals surface area contributed by atoms with E-state index in [4.69, 9.17) is 9.26 Å². The second-order valence-electron chi connectivity index (χ2n) is 4.67. The average molecular weight is 299 g/mol. The number of ether oxygens (including phenoxy) is 1. The van der Waals surface area contributed by atoms with Crippen LogP contribution in [0.4, 0.5) is 13.2 Å². The zero-order valence-corrected chi connectivity index (χ0v) is 10.9. The van der Waals surface area contributed by atoms with Gasteiger partial charge in [0.25, 0.3) is 0 Å². The van der Waals surface area contributed by atoms with Gasteiger partial charge in [0, 0.05) is 5.56 Å². The number of para-hydroxylation sites is 1. The lowest BCUT2D eigenvalue weighted by Crippen LogP contribution is -2.28. The van der Waals surface area contributed by atoms with Crippen LogP contribution in [-0.4, -0.2) is 29.5 Å². The van der Waals surface area contributed by atoms with Crippen molar-refractivity contribution in [2.45, 2.75) is 18.6 Å². The fourth-order valence-electron chi connectivity index (χ4n) is 2.17. The molecule has 0 radical (unpaired) electrons. The maximum atomic E-state index is 12.0. The van der Waals surface area contributed by atoms with E-state index in [0.29, 0.717) is 12.4 Å². The van der Waals surface area contributed by atoms with Gasteiger partial charge in [0.2, 0.25) is 5.89 Å². The second-order valence-corrected chi connectivity index (χ2v) is 4.67. The molecule has 1 atom stereocenters. The minimum absolute atomic E-state index is 0.123. The third kappa shape index (κ3) is 3.15. The molecular weight excluding hydrogens is 287 g/mol. The van der Waals surface area contributed by atoms with Gasteiger partial charge in [-0.05, 0) is 6.07 Å². The fourth-order valence-corrected chi connectivity index (χ4v) is 2.17. The topological polar surface area (TPSA) is 60.2 Å². The van der Waals surface area contributed by atoms with E-state index in [1.807, 2.05) is 24.3 Å². The van der Waals surface area contributed by atoms with E-state index < -0.39 is 12.7 Å². The number of halogens is 3. The van der Waals surface area contributed by atoms with E-state index >= 15 is 0 Å². The molecule has 5 nitrogen and oxygen atoms in total. The highest BCUT2D eigenvalue weighted by Gasteiger charge is 2.30. The predicted octanol–water partition coefficient (Wildman–Crippen LogP) is 2.25.